The minimum absolute atomic E-state index is 0.117. The Morgan fingerprint density at radius 3 is 3.05 bits per heavy atom. The predicted octanol–water partition coefficient (Wildman–Crippen LogP) is 2.14. The molecule has 21 heavy (non-hydrogen) atoms. The molecule has 4 rings (SSSR count). The number of pyridine rings is 1. The zero-order valence-corrected chi connectivity index (χ0v) is 11.4. The van der Waals surface area contributed by atoms with Gasteiger partial charge >= 0.3 is 5.97 Å². The van der Waals surface area contributed by atoms with Gasteiger partial charge in [0.05, 0.1) is 6.61 Å². The third kappa shape index (κ3) is 2.16. The monoisotopic (exact) mass is 285 g/mol. The SMILES string of the molecule is O=C(O)c1cccnc1-n1ccc(OCC2CC23CC3)n1. The summed E-state index contributed by atoms with van der Waals surface area (Å²) in [6.07, 6.45) is 7.17. The van der Waals surface area contributed by atoms with Gasteiger partial charge in [-0.2, -0.15) is 0 Å². The molecule has 6 nitrogen and oxygen atoms in total. The zero-order valence-electron chi connectivity index (χ0n) is 11.4. The van der Waals surface area contributed by atoms with E-state index >= 15 is 0 Å². The smallest absolute Gasteiger partial charge is 0.339 e. The van der Waals surface area contributed by atoms with Crippen molar-refractivity contribution in [3.8, 4) is 11.7 Å². The van der Waals surface area contributed by atoms with Gasteiger partial charge in [-0.1, -0.05) is 0 Å². The molecule has 2 aromatic rings. The van der Waals surface area contributed by atoms with Gasteiger partial charge in [0.15, 0.2) is 5.82 Å². The van der Waals surface area contributed by atoms with Crippen molar-refractivity contribution in [1.82, 2.24) is 14.8 Å². The van der Waals surface area contributed by atoms with E-state index in [4.69, 9.17) is 4.74 Å². The van der Waals surface area contributed by atoms with Crippen LogP contribution in [-0.2, 0) is 0 Å². The highest BCUT2D eigenvalue weighted by atomic mass is 16.5. The first kappa shape index (κ1) is 12.4. The van der Waals surface area contributed by atoms with Crippen molar-refractivity contribution in [2.75, 3.05) is 6.61 Å². The van der Waals surface area contributed by atoms with E-state index in [-0.39, 0.29) is 5.56 Å². The molecule has 0 amide bonds. The van der Waals surface area contributed by atoms with Crippen LogP contribution in [0.5, 0.6) is 5.88 Å². The van der Waals surface area contributed by atoms with Crippen molar-refractivity contribution in [2.45, 2.75) is 19.3 Å². The number of carboxylic acid groups (broad SMARTS) is 1. The van der Waals surface area contributed by atoms with Gasteiger partial charge in [0.25, 0.3) is 0 Å². The molecule has 108 valence electrons. The first-order valence-electron chi connectivity index (χ1n) is 7.05. The first-order chi connectivity index (χ1) is 10.2. The number of hydrogen-bond donors (Lipinski definition) is 1. The first-order valence-corrected chi connectivity index (χ1v) is 7.05. The number of aromatic carboxylic acids is 1. The van der Waals surface area contributed by atoms with E-state index < -0.39 is 5.97 Å². The van der Waals surface area contributed by atoms with Gasteiger partial charge in [0, 0.05) is 18.5 Å². The second kappa shape index (κ2) is 4.31. The molecule has 0 saturated heterocycles. The molecule has 6 heteroatoms. The minimum atomic E-state index is -1.02. The van der Waals surface area contributed by atoms with Crippen molar-refractivity contribution >= 4 is 5.97 Å². The molecule has 2 saturated carbocycles. The number of carboxylic acids is 1. The van der Waals surface area contributed by atoms with E-state index in [9.17, 15) is 9.90 Å². The lowest BCUT2D eigenvalue weighted by atomic mass is 10.2. The summed E-state index contributed by atoms with van der Waals surface area (Å²) < 4.78 is 7.14. The predicted molar refractivity (Wildman–Crippen MR) is 73.6 cm³/mol. The number of aromatic nitrogens is 3. The average Bonchev–Trinajstić information content (AvgIpc) is 3.36. The van der Waals surface area contributed by atoms with Crippen molar-refractivity contribution in [3.63, 3.8) is 0 Å². The second-order valence-electron chi connectivity index (χ2n) is 5.85. The summed E-state index contributed by atoms with van der Waals surface area (Å²) in [5.74, 6) is 0.460. The van der Waals surface area contributed by atoms with Gasteiger partial charge in [-0.3, -0.25) is 0 Å². The lowest BCUT2D eigenvalue weighted by molar-refractivity contribution is 0.0696. The third-order valence-corrected chi connectivity index (χ3v) is 4.48. The van der Waals surface area contributed by atoms with E-state index in [0.717, 1.165) is 0 Å². The summed E-state index contributed by atoms with van der Waals surface area (Å²) in [5, 5.41) is 13.4. The second-order valence-corrected chi connectivity index (χ2v) is 5.85. The fourth-order valence-electron chi connectivity index (χ4n) is 2.88. The number of nitrogens with zero attached hydrogens (tertiary/aromatic N) is 3. The summed E-state index contributed by atoms with van der Waals surface area (Å²) in [6, 6.07) is 4.84. The quantitative estimate of drug-likeness (QED) is 0.910. The normalized spacial score (nSPS) is 21.2. The maximum Gasteiger partial charge on any atom is 0.339 e. The van der Waals surface area contributed by atoms with Gasteiger partial charge in [-0.25, -0.2) is 14.5 Å². The van der Waals surface area contributed by atoms with Gasteiger partial charge < -0.3 is 9.84 Å². The third-order valence-electron chi connectivity index (χ3n) is 4.48. The molecule has 2 aliphatic rings. The Hall–Kier alpha value is -2.37. The Morgan fingerprint density at radius 2 is 2.33 bits per heavy atom. The lowest BCUT2D eigenvalue weighted by Crippen LogP contribution is -2.08. The molecule has 2 aromatic heterocycles. The summed E-state index contributed by atoms with van der Waals surface area (Å²) >= 11 is 0. The van der Waals surface area contributed by atoms with Crippen LogP contribution in [0.3, 0.4) is 0 Å². The lowest BCUT2D eigenvalue weighted by Gasteiger charge is -2.04. The Bertz CT molecular complexity index is 706. The summed E-state index contributed by atoms with van der Waals surface area (Å²) in [6.45, 7) is 0.699. The number of ether oxygens (including phenoxy) is 1. The van der Waals surface area contributed by atoms with Gasteiger partial charge in [-0.05, 0) is 42.7 Å². The number of rotatable bonds is 5. The number of carbonyl (C=O) groups is 1. The van der Waals surface area contributed by atoms with Crippen LogP contribution in [0.25, 0.3) is 5.82 Å². The standard InChI is InChI=1S/C15H15N3O3/c19-14(20)11-2-1-6-16-13(11)18-7-3-12(17-18)21-9-10-8-15(10)4-5-15/h1-3,6-7,10H,4-5,8-9H2,(H,19,20). The molecule has 1 N–H and O–H groups in total. The van der Waals surface area contributed by atoms with E-state index in [1.807, 2.05) is 0 Å². The van der Waals surface area contributed by atoms with Crippen molar-refractivity contribution in [2.24, 2.45) is 11.3 Å². The minimum Gasteiger partial charge on any atom is -0.478 e. The topological polar surface area (TPSA) is 77.2 Å². The molecule has 0 bridgehead atoms. The van der Waals surface area contributed by atoms with Crippen molar-refractivity contribution in [1.29, 1.82) is 0 Å². The molecule has 0 aliphatic heterocycles. The summed E-state index contributed by atoms with van der Waals surface area (Å²) in [7, 11) is 0. The van der Waals surface area contributed by atoms with Crippen LogP contribution in [0.15, 0.2) is 30.6 Å². The van der Waals surface area contributed by atoms with Crippen molar-refractivity contribution < 1.29 is 14.6 Å². The van der Waals surface area contributed by atoms with Crippen LogP contribution < -0.4 is 4.74 Å². The van der Waals surface area contributed by atoms with E-state index in [0.29, 0.717) is 29.6 Å². The summed E-state index contributed by atoms with van der Waals surface area (Å²) in [5.41, 5.74) is 0.728. The molecule has 1 atom stereocenters. The molecule has 1 unspecified atom stereocenters. The fraction of sp³-hybridized carbons (Fsp3) is 0.400. The molecule has 2 aliphatic carbocycles. The van der Waals surface area contributed by atoms with Crippen LogP contribution in [0, 0.1) is 11.3 Å². The van der Waals surface area contributed by atoms with Gasteiger partial charge in [0.2, 0.25) is 5.88 Å². The van der Waals surface area contributed by atoms with E-state index in [1.54, 1.807) is 24.5 Å². The van der Waals surface area contributed by atoms with Crippen LogP contribution in [-0.4, -0.2) is 32.4 Å². The maximum atomic E-state index is 11.2. The highest BCUT2D eigenvalue weighted by molar-refractivity contribution is 5.90. The molecule has 2 fully saturated rings. The summed E-state index contributed by atoms with van der Waals surface area (Å²) in [4.78, 5) is 15.3. The fourth-order valence-corrected chi connectivity index (χ4v) is 2.88. The van der Waals surface area contributed by atoms with Crippen LogP contribution in [0.2, 0.25) is 0 Å². The average molecular weight is 285 g/mol. The Kier molecular flexibility index (Phi) is 2.54. The Morgan fingerprint density at radius 1 is 1.48 bits per heavy atom. The molecule has 0 radical (unpaired) electrons. The highest BCUT2D eigenvalue weighted by Crippen LogP contribution is 2.70. The van der Waals surface area contributed by atoms with Crippen molar-refractivity contribution in [3.05, 3.63) is 36.2 Å². The molecule has 2 heterocycles. The Balaban J connectivity index is 1.50. The van der Waals surface area contributed by atoms with Crippen LogP contribution >= 0.6 is 0 Å². The largest absolute Gasteiger partial charge is 0.478 e. The van der Waals surface area contributed by atoms with Gasteiger partial charge in [0.1, 0.15) is 5.56 Å². The highest BCUT2D eigenvalue weighted by Gasteiger charge is 2.62. The molecule has 0 aromatic carbocycles. The van der Waals surface area contributed by atoms with E-state index in [2.05, 4.69) is 10.1 Å². The Labute approximate surface area is 121 Å². The maximum absolute atomic E-state index is 11.2. The van der Waals surface area contributed by atoms with Crippen LogP contribution in [0.1, 0.15) is 29.6 Å². The van der Waals surface area contributed by atoms with Crippen LogP contribution in [0.4, 0.5) is 0 Å². The zero-order chi connectivity index (χ0) is 14.4. The molecular weight excluding hydrogens is 270 g/mol. The number of hydrogen-bond acceptors (Lipinski definition) is 4. The molecular formula is C15H15N3O3. The molecule has 1 spiro atoms. The van der Waals surface area contributed by atoms with E-state index in [1.165, 1.54) is 30.0 Å². The van der Waals surface area contributed by atoms with Gasteiger partial charge in [-0.15, -0.1) is 5.10 Å².